The molecule has 1 aliphatic rings. The lowest BCUT2D eigenvalue weighted by molar-refractivity contribution is -0.142. The van der Waals surface area contributed by atoms with Crippen molar-refractivity contribution in [2.45, 2.75) is 25.7 Å². The molecule has 1 aromatic rings. The molecule has 0 unspecified atom stereocenters. The first-order chi connectivity index (χ1) is 9.20. The minimum atomic E-state index is -0.361. The number of esters is 1. The van der Waals surface area contributed by atoms with Crippen molar-refractivity contribution in [2.75, 3.05) is 26.8 Å². The van der Waals surface area contributed by atoms with Crippen LogP contribution >= 0.6 is 12.4 Å². The highest BCUT2D eigenvalue weighted by Crippen LogP contribution is 2.29. The summed E-state index contributed by atoms with van der Waals surface area (Å²) in [5.74, 6) is 0.997. The largest absolute Gasteiger partial charge is 0.482 e. The predicted molar refractivity (Wildman–Crippen MR) is 80.8 cm³/mol. The lowest BCUT2D eigenvalue weighted by Crippen LogP contribution is -2.26. The molecule has 0 radical (unpaired) electrons. The Balaban J connectivity index is 0.00000200. The molecule has 1 heterocycles. The summed E-state index contributed by atoms with van der Waals surface area (Å²) < 4.78 is 9.95. The second kappa shape index (κ2) is 8.12. The summed E-state index contributed by atoms with van der Waals surface area (Å²) in [5, 5.41) is 3.38. The molecular weight excluding hydrogens is 278 g/mol. The number of rotatable bonds is 4. The second-order valence-electron chi connectivity index (χ2n) is 4.91. The minimum Gasteiger partial charge on any atom is -0.482 e. The van der Waals surface area contributed by atoms with Gasteiger partial charge in [-0.1, -0.05) is 6.07 Å². The SMILES string of the molecule is COC(=O)COc1ccc(C2CCNCC2)c(C)c1.Cl. The van der Waals surface area contributed by atoms with E-state index in [1.54, 1.807) is 0 Å². The second-order valence-corrected chi connectivity index (χ2v) is 4.91. The Kier molecular flexibility index (Phi) is 6.82. The van der Waals surface area contributed by atoms with Crippen LogP contribution in [0, 0.1) is 6.92 Å². The maximum atomic E-state index is 11.0. The maximum absolute atomic E-state index is 11.0. The van der Waals surface area contributed by atoms with E-state index in [4.69, 9.17) is 4.74 Å². The molecular formula is C15H22ClNO3. The topological polar surface area (TPSA) is 47.6 Å². The van der Waals surface area contributed by atoms with E-state index in [9.17, 15) is 4.79 Å². The summed E-state index contributed by atoms with van der Waals surface area (Å²) in [6, 6.07) is 6.06. The Morgan fingerprint density at radius 3 is 2.65 bits per heavy atom. The molecule has 112 valence electrons. The summed E-state index contributed by atoms with van der Waals surface area (Å²) in [6.45, 7) is 4.24. The molecule has 0 spiro atoms. The molecule has 0 amide bonds. The molecule has 0 aromatic heterocycles. The molecule has 0 bridgehead atoms. The lowest BCUT2D eigenvalue weighted by Gasteiger charge is -2.24. The van der Waals surface area contributed by atoms with Crippen LogP contribution < -0.4 is 10.1 Å². The normalized spacial score (nSPS) is 15.3. The average molecular weight is 300 g/mol. The quantitative estimate of drug-likeness (QED) is 0.868. The van der Waals surface area contributed by atoms with Gasteiger partial charge in [0.2, 0.25) is 0 Å². The Labute approximate surface area is 126 Å². The van der Waals surface area contributed by atoms with Crippen LogP contribution in [0.5, 0.6) is 5.75 Å². The molecule has 1 aromatic carbocycles. The van der Waals surface area contributed by atoms with Crippen molar-refractivity contribution in [1.82, 2.24) is 5.32 Å². The molecule has 2 rings (SSSR count). The fourth-order valence-electron chi connectivity index (χ4n) is 2.53. The number of hydrogen-bond donors (Lipinski definition) is 1. The molecule has 4 nitrogen and oxygen atoms in total. The van der Waals surface area contributed by atoms with Gasteiger partial charge in [0.15, 0.2) is 6.61 Å². The molecule has 1 aliphatic heterocycles. The number of ether oxygens (including phenoxy) is 2. The van der Waals surface area contributed by atoms with Gasteiger partial charge >= 0.3 is 5.97 Å². The van der Waals surface area contributed by atoms with Crippen LogP contribution in [0.4, 0.5) is 0 Å². The van der Waals surface area contributed by atoms with Crippen molar-refractivity contribution >= 4 is 18.4 Å². The van der Waals surface area contributed by atoms with E-state index in [1.807, 2.05) is 12.1 Å². The standard InChI is InChI=1S/C15H21NO3.ClH/c1-11-9-13(19-10-15(17)18-2)3-4-14(11)12-5-7-16-8-6-12;/h3-4,9,12,16H,5-8,10H2,1-2H3;1H. The lowest BCUT2D eigenvalue weighted by atomic mass is 9.87. The van der Waals surface area contributed by atoms with Crippen molar-refractivity contribution in [2.24, 2.45) is 0 Å². The number of piperidine rings is 1. The number of carbonyl (C=O) groups excluding carboxylic acids is 1. The molecule has 0 aliphatic carbocycles. The third-order valence-corrected chi connectivity index (χ3v) is 3.60. The van der Waals surface area contributed by atoms with E-state index in [2.05, 4.69) is 23.0 Å². The summed E-state index contributed by atoms with van der Waals surface area (Å²) in [4.78, 5) is 11.0. The van der Waals surface area contributed by atoms with Crippen LogP contribution in [0.15, 0.2) is 18.2 Å². The molecule has 5 heteroatoms. The van der Waals surface area contributed by atoms with Crippen LogP contribution in [-0.2, 0) is 9.53 Å². The highest BCUT2D eigenvalue weighted by Gasteiger charge is 2.17. The van der Waals surface area contributed by atoms with Crippen LogP contribution in [0.25, 0.3) is 0 Å². The number of aryl methyl sites for hydroxylation is 1. The molecule has 20 heavy (non-hydrogen) atoms. The summed E-state index contributed by atoms with van der Waals surface area (Å²) in [7, 11) is 1.36. The molecule has 1 saturated heterocycles. The number of halogens is 1. The number of carbonyl (C=O) groups is 1. The first-order valence-corrected chi connectivity index (χ1v) is 6.71. The van der Waals surface area contributed by atoms with Gasteiger partial charge in [-0.3, -0.25) is 0 Å². The van der Waals surface area contributed by atoms with Crippen molar-refractivity contribution in [3.05, 3.63) is 29.3 Å². The minimum absolute atomic E-state index is 0. The average Bonchev–Trinajstić information content (AvgIpc) is 2.45. The summed E-state index contributed by atoms with van der Waals surface area (Å²) in [6.07, 6.45) is 2.37. The number of benzene rings is 1. The van der Waals surface area contributed by atoms with E-state index in [0.29, 0.717) is 5.92 Å². The highest BCUT2D eigenvalue weighted by atomic mass is 35.5. The third-order valence-electron chi connectivity index (χ3n) is 3.60. The Morgan fingerprint density at radius 2 is 2.05 bits per heavy atom. The van der Waals surface area contributed by atoms with Gasteiger partial charge in [0.1, 0.15) is 5.75 Å². The first kappa shape index (κ1) is 16.8. The van der Waals surface area contributed by atoms with Crippen molar-refractivity contribution in [3.63, 3.8) is 0 Å². The molecule has 0 saturated carbocycles. The highest BCUT2D eigenvalue weighted by molar-refractivity contribution is 5.85. The van der Waals surface area contributed by atoms with E-state index in [-0.39, 0.29) is 25.0 Å². The fourth-order valence-corrected chi connectivity index (χ4v) is 2.53. The number of methoxy groups -OCH3 is 1. The van der Waals surface area contributed by atoms with Gasteiger partial charge in [0.05, 0.1) is 7.11 Å². The zero-order valence-corrected chi connectivity index (χ0v) is 12.8. The Bertz CT molecular complexity index is 445. The van der Waals surface area contributed by atoms with Gasteiger partial charge in [-0.25, -0.2) is 4.79 Å². The smallest absolute Gasteiger partial charge is 0.343 e. The van der Waals surface area contributed by atoms with E-state index >= 15 is 0 Å². The number of hydrogen-bond acceptors (Lipinski definition) is 4. The summed E-state index contributed by atoms with van der Waals surface area (Å²) >= 11 is 0. The van der Waals surface area contributed by atoms with Crippen LogP contribution in [0.2, 0.25) is 0 Å². The maximum Gasteiger partial charge on any atom is 0.343 e. The van der Waals surface area contributed by atoms with Gasteiger partial charge in [-0.2, -0.15) is 0 Å². The van der Waals surface area contributed by atoms with Crippen molar-refractivity contribution in [1.29, 1.82) is 0 Å². The molecule has 0 atom stereocenters. The van der Waals surface area contributed by atoms with Gasteiger partial charge in [0, 0.05) is 0 Å². The fraction of sp³-hybridized carbons (Fsp3) is 0.533. The van der Waals surface area contributed by atoms with Crippen LogP contribution in [0.3, 0.4) is 0 Å². The van der Waals surface area contributed by atoms with Gasteiger partial charge in [-0.15, -0.1) is 12.4 Å². The van der Waals surface area contributed by atoms with Crippen molar-refractivity contribution in [3.8, 4) is 5.75 Å². The summed E-state index contributed by atoms with van der Waals surface area (Å²) in [5.41, 5.74) is 2.63. The third kappa shape index (κ3) is 4.39. The van der Waals surface area contributed by atoms with Gasteiger partial charge in [-0.05, 0) is 62.0 Å². The Morgan fingerprint density at radius 1 is 1.35 bits per heavy atom. The van der Waals surface area contributed by atoms with E-state index < -0.39 is 0 Å². The van der Waals surface area contributed by atoms with Crippen molar-refractivity contribution < 1.29 is 14.3 Å². The Hall–Kier alpha value is -1.26. The molecule has 1 N–H and O–H groups in total. The van der Waals surface area contributed by atoms with E-state index in [0.717, 1.165) is 18.8 Å². The molecule has 1 fully saturated rings. The van der Waals surface area contributed by atoms with Gasteiger partial charge in [0.25, 0.3) is 0 Å². The monoisotopic (exact) mass is 299 g/mol. The zero-order valence-electron chi connectivity index (χ0n) is 12.0. The van der Waals surface area contributed by atoms with Crippen LogP contribution in [-0.4, -0.2) is 32.8 Å². The predicted octanol–water partition coefficient (Wildman–Crippen LogP) is 2.44. The van der Waals surface area contributed by atoms with E-state index in [1.165, 1.54) is 31.1 Å². The zero-order chi connectivity index (χ0) is 13.7. The first-order valence-electron chi connectivity index (χ1n) is 6.71. The number of nitrogens with one attached hydrogen (secondary N) is 1. The van der Waals surface area contributed by atoms with Gasteiger partial charge < -0.3 is 14.8 Å². The van der Waals surface area contributed by atoms with Crippen LogP contribution in [0.1, 0.15) is 29.9 Å².